The standard InChI is InChI=1S/C18H20FNO2S/c1-3-13-4-7-16(8-5-13)20-18(21)12-23-11-14-10-15(19)6-9-17(14)22-2/h4-10H,3,11-12H2,1-2H3,(H,20,21). The Bertz CT molecular complexity index is 659. The van der Waals surface area contributed by atoms with Crippen LogP contribution in [0.25, 0.3) is 0 Å². The summed E-state index contributed by atoms with van der Waals surface area (Å²) in [5.41, 5.74) is 2.77. The fourth-order valence-corrected chi connectivity index (χ4v) is 2.94. The molecule has 0 aliphatic carbocycles. The summed E-state index contributed by atoms with van der Waals surface area (Å²) in [4.78, 5) is 11.9. The number of rotatable bonds is 7. The van der Waals surface area contributed by atoms with E-state index in [9.17, 15) is 9.18 Å². The molecule has 0 fully saturated rings. The van der Waals surface area contributed by atoms with Crippen molar-refractivity contribution in [2.75, 3.05) is 18.2 Å². The number of carbonyl (C=O) groups excluding carboxylic acids is 1. The molecule has 0 spiro atoms. The van der Waals surface area contributed by atoms with Gasteiger partial charge in [-0.2, -0.15) is 0 Å². The summed E-state index contributed by atoms with van der Waals surface area (Å²) >= 11 is 1.42. The third-order valence-electron chi connectivity index (χ3n) is 3.38. The summed E-state index contributed by atoms with van der Waals surface area (Å²) in [7, 11) is 1.55. The Morgan fingerprint density at radius 1 is 1.22 bits per heavy atom. The molecular weight excluding hydrogens is 313 g/mol. The van der Waals surface area contributed by atoms with Gasteiger partial charge in [0.25, 0.3) is 0 Å². The molecule has 1 amide bonds. The Morgan fingerprint density at radius 2 is 1.96 bits per heavy atom. The summed E-state index contributed by atoms with van der Waals surface area (Å²) in [6.07, 6.45) is 0.972. The Labute approximate surface area is 140 Å². The van der Waals surface area contributed by atoms with E-state index in [1.54, 1.807) is 13.2 Å². The van der Waals surface area contributed by atoms with Crippen LogP contribution in [0.1, 0.15) is 18.1 Å². The summed E-state index contributed by atoms with van der Waals surface area (Å²) in [5, 5.41) is 2.85. The van der Waals surface area contributed by atoms with Gasteiger partial charge >= 0.3 is 0 Å². The zero-order valence-corrected chi connectivity index (χ0v) is 14.1. The second kappa shape index (κ2) is 8.58. The van der Waals surface area contributed by atoms with E-state index >= 15 is 0 Å². The van der Waals surface area contributed by atoms with Crippen molar-refractivity contribution >= 4 is 23.4 Å². The number of nitrogens with one attached hydrogen (secondary N) is 1. The summed E-state index contributed by atoms with van der Waals surface area (Å²) in [5.74, 6) is 1.07. The molecule has 0 unspecified atom stereocenters. The number of carbonyl (C=O) groups is 1. The second-order valence-electron chi connectivity index (χ2n) is 5.05. The third-order valence-corrected chi connectivity index (χ3v) is 4.36. The van der Waals surface area contributed by atoms with E-state index in [2.05, 4.69) is 12.2 Å². The Balaban J connectivity index is 1.83. The third kappa shape index (κ3) is 5.28. The minimum atomic E-state index is -0.304. The molecular formula is C18H20FNO2S. The zero-order chi connectivity index (χ0) is 16.7. The molecule has 2 aromatic carbocycles. The highest BCUT2D eigenvalue weighted by Gasteiger charge is 2.07. The number of methoxy groups -OCH3 is 1. The fraction of sp³-hybridized carbons (Fsp3) is 0.278. The number of amides is 1. The average molecular weight is 333 g/mol. The number of benzene rings is 2. The molecule has 0 aliphatic heterocycles. The summed E-state index contributed by atoms with van der Waals surface area (Å²) in [6.45, 7) is 2.09. The largest absolute Gasteiger partial charge is 0.496 e. The van der Waals surface area contributed by atoms with Crippen LogP contribution in [-0.2, 0) is 17.0 Å². The van der Waals surface area contributed by atoms with E-state index in [1.807, 2.05) is 24.3 Å². The minimum absolute atomic E-state index is 0.0744. The lowest BCUT2D eigenvalue weighted by Crippen LogP contribution is -2.14. The van der Waals surface area contributed by atoms with Gasteiger partial charge in [0, 0.05) is 17.0 Å². The number of anilines is 1. The molecule has 5 heteroatoms. The van der Waals surface area contributed by atoms with Gasteiger partial charge in [-0.25, -0.2) is 4.39 Å². The van der Waals surface area contributed by atoms with Gasteiger partial charge < -0.3 is 10.1 Å². The van der Waals surface area contributed by atoms with Gasteiger partial charge in [-0.05, 0) is 42.3 Å². The molecule has 0 aliphatic rings. The van der Waals surface area contributed by atoms with Gasteiger partial charge in [-0.15, -0.1) is 11.8 Å². The van der Waals surface area contributed by atoms with Crippen molar-refractivity contribution in [2.45, 2.75) is 19.1 Å². The van der Waals surface area contributed by atoms with Crippen molar-refractivity contribution in [3.8, 4) is 5.75 Å². The molecule has 0 saturated heterocycles. The smallest absolute Gasteiger partial charge is 0.234 e. The molecule has 0 aromatic heterocycles. The van der Waals surface area contributed by atoms with Gasteiger partial charge in [0.2, 0.25) is 5.91 Å². The van der Waals surface area contributed by atoms with Crippen molar-refractivity contribution < 1.29 is 13.9 Å². The van der Waals surface area contributed by atoms with Gasteiger partial charge in [-0.3, -0.25) is 4.79 Å². The van der Waals surface area contributed by atoms with Crippen molar-refractivity contribution in [1.29, 1.82) is 0 Å². The maximum Gasteiger partial charge on any atom is 0.234 e. The second-order valence-corrected chi connectivity index (χ2v) is 6.03. The van der Waals surface area contributed by atoms with Crippen LogP contribution in [0.2, 0.25) is 0 Å². The maximum absolute atomic E-state index is 13.3. The van der Waals surface area contributed by atoms with E-state index in [0.717, 1.165) is 17.7 Å². The van der Waals surface area contributed by atoms with Crippen LogP contribution in [0, 0.1) is 5.82 Å². The molecule has 0 atom stereocenters. The molecule has 0 heterocycles. The summed E-state index contributed by atoms with van der Waals surface area (Å²) in [6, 6.07) is 12.2. The van der Waals surface area contributed by atoms with Gasteiger partial charge in [0.15, 0.2) is 0 Å². The number of halogens is 1. The molecule has 1 N–H and O–H groups in total. The molecule has 2 rings (SSSR count). The van der Waals surface area contributed by atoms with E-state index in [-0.39, 0.29) is 11.7 Å². The fourth-order valence-electron chi connectivity index (χ4n) is 2.13. The molecule has 0 radical (unpaired) electrons. The van der Waals surface area contributed by atoms with Crippen LogP contribution in [0.5, 0.6) is 5.75 Å². The average Bonchev–Trinajstić information content (AvgIpc) is 2.56. The summed E-state index contributed by atoms with van der Waals surface area (Å²) < 4.78 is 18.5. The van der Waals surface area contributed by atoms with Crippen molar-refractivity contribution in [3.63, 3.8) is 0 Å². The molecule has 122 valence electrons. The van der Waals surface area contributed by atoms with Crippen molar-refractivity contribution in [2.24, 2.45) is 0 Å². The van der Waals surface area contributed by atoms with E-state index in [0.29, 0.717) is 17.3 Å². The van der Waals surface area contributed by atoms with Crippen LogP contribution in [0.15, 0.2) is 42.5 Å². The first-order chi connectivity index (χ1) is 11.1. The monoisotopic (exact) mass is 333 g/mol. The number of hydrogen-bond donors (Lipinski definition) is 1. The van der Waals surface area contributed by atoms with Crippen LogP contribution in [-0.4, -0.2) is 18.8 Å². The topological polar surface area (TPSA) is 38.3 Å². The van der Waals surface area contributed by atoms with Crippen LogP contribution < -0.4 is 10.1 Å². The van der Waals surface area contributed by atoms with E-state index < -0.39 is 0 Å². The van der Waals surface area contributed by atoms with Gasteiger partial charge in [0.1, 0.15) is 11.6 Å². The number of hydrogen-bond acceptors (Lipinski definition) is 3. The Morgan fingerprint density at radius 3 is 2.61 bits per heavy atom. The predicted octanol–water partition coefficient (Wildman–Crippen LogP) is 4.27. The molecule has 23 heavy (non-hydrogen) atoms. The minimum Gasteiger partial charge on any atom is -0.496 e. The van der Waals surface area contributed by atoms with E-state index in [4.69, 9.17) is 4.74 Å². The van der Waals surface area contributed by atoms with Crippen molar-refractivity contribution in [3.05, 3.63) is 59.4 Å². The lowest BCUT2D eigenvalue weighted by molar-refractivity contribution is -0.113. The van der Waals surface area contributed by atoms with Crippen molar-refractivity contribution in [1.82, 2.24) is 0 Å². The van der Waals surface area contributed by atoms with Crippen LogP contribution in [0.4, 0.5) is 10.1 Å². The normalized spacial score (nSPS) is 10.4. The SMILES string of the molecule is CCc1ccc(NC(=O)CSCc2cc(F)ccc2OC)cc1. The highest BCUT2D eigenvalue weighted by atomic mass is 32.2. The Hall–Kier alpha value is -2.01. The zero-order valence-electron chi connectivity index (χ0n) is 13.3. The maximum atomic E-state index is 13.3. The van der Waals surface area contributed by atoms with Crippen LogP contribution >= 0.6 is 11.8 Å². The molecule has 0 bridgehead atoms. The Kier molecular flexibility index (Phi) is 6.47. The quantitative estimate of drug-likeness (QED) is 0.822. The number of ether oxygens (including phenoxy) is 1. The molecule has 2 aromatic rings. The first-order valence-electron chi connectivity index (χ1n) is 7.41. The first-order valence-corrected chi connectivity index (χ1v) is 8.56. The highest BCUT2D eigenvalue weighted by molar-refractivity contribution is 7.99. The lowest BCUT2D eigenvalue weighted by atomic mass is 10.1. The molecule has 3 nitrogen and oxygen atoms in total. The predicted molar refractivity (Wildman–Crippen MR) is 93.6 cm³/mol. The first kappa shape index (κ1) is 17.3. The lowest BCUT2D eigenvalue weighted by Gasteiger charge is -2.09. The molecule has 0 saturated carbocycles. The van der Waals surface area contributed by atoms with Gasteiger partial charge in [-0.1, -0.05) is 19.1 Å². The van der Waals surface area contributed by atoms with Gasteiger partial charge in [0.05, 0.1) is 12.9 Å². The van der Waals surface area contributed by atoms with Crippen LogP contribution in [0.3, 0.4) is 0 Å². The van der Waals surface area contributed by atoms with E-state index in [1.165, 1.54) is 29.5 Å². The number of thioether (sulfide) groups is 1. The highest BCUT2D eigenvalue weighted by Crippen LogP contribution is 2.24. The number of aryl methyl sites for hydroxylation is 1.